The van der Waals surface area contributed by atoms with Gasteiger partial charge in [0.1, 0.15) is 30.0 Å². The Hall–Kier alpha value is -3.01. The zero-order valence-electron chi connectivity index (χ0n) is 22.4. The molecule has 9 nitrogen and oxygen atoms in total. The molecule has 1 aliphatic rings. The SMILES string of the molecule is CNCC(O)COc1cccc(-c2nc(-c3c(C)noc3C)cc(N(CCOC)C3CCCCC3)n2)c1. The molecule has 4 rings (SSSR count). The highest BCUT2D eigenvalue weighted by molar-refractivity contribution is 5.71. The molecule has 0 aliphatic heterocycles. The van der Waals surface area contributed by atoms with Crippen LogP contribution < -0.4 is 15.0 Å². The maximum atomic E-state index is 10.0. The summed E-state index contributed by atoms with van der Waals surface area (Å²) in [5, 5.41) is 17.2. The van der Waals surface area contributed by atoms with Crippen LogP contribution in [-0.2, 0) is 4.74 Å². The van der Waals surface area contributed by atoms with E-state index in [1.165, 1.54) is 19.3 Å². The second-order valence-corrected chi connectivity index (χ2v) is 9.66. The molecule has 1 aliphatic carbocycles. The molecule has 2 heterocycles. The number of rotatable bonds is 12. The molecule has 1 atom stereocenters. The molecule has 1 fully saturated rings. The summed E-state index contributed by atoms with van der Waals surface area (Å²) >= 11 is 0. The quantitative estimate of drug-likeness (QED) is 0.372. The van der Waals surface area contributed by atoms with Gasteiger partial charge in [-0.2, -0.15) is 0 Å². The summed E-state index contributed by atoms with van der Waals surface area (Å²) in [5.41, 5.74) is 3.31. The number of likely N-dealkylation sites (N-methyl/N-ethyl adjacent to an activating group) is 1. The average molecular weight is 510 g/mol. The van der Waals surface area contributed by atoms with Gasteiger partial charge in [0.15, 0.2) is 5.82 Å². The third kappa shape index (κ3) is 6.85. The minimum atomic E-state index is -0.593. The van der Waals surface area contributed by atoms with Gasteiger partial charge >= 0.3 is 0 Å². The van der Waals surface area contributed by atoms with E-state index in [4.69, 9.17) is 24.0 Å². The highest BCUT2D eigenvalue weighted by atomic mass is 16.5. The Morgan fingerprint density at radius 1 is 1.16 bits per heavy atom. The fourth-order valence-corrected chi connectivity index (χ4v) is 4.97. The number of benzene rings is 1. The third-order valence-electron chi connectivity index (χ3n) is 6.82. The first kappa shape index (κ1) is 27.0. The minimum absolute atomic E-state index is 0.196. The number of aliphatic hydroxyl groups excluding tert-OH is 1. The fourth-order valence-electron chi connectivity index (χ4n) is 4.97. The van der Waals surface area contributed by atoms with E-state index in [0.717, 1.165) is 53.5 Å². The van der Waals surface area contributed by atoms with Crippen molar-refractivity contribution in [3.05, 3.63) is 41.8 Å². The molecule has 1 aromatic carbocycles. The highest BCUT2D eigenvalue weighted by Crippen LogP contribution is 2.33. The van der Waals surface area contributed by atoms with E-state index in [1.807, 2.05) is 38.1 Å². The Balaban J connectivity index is 1.75. The van der Waals surface area contributed by atoms with E-state index in [1.54, 1.807) is 14.2 Å². The predicted molar refractivity (Wildman–Crippen MR) is 144 cm³/mol. The molecular weight excluding hydrogens is 470 g/mol. The molecule has 3 aromatic rings. The smallest absolute Gasteiger partial charge is 0.162 e. The molecule has 1 saturated carbocycles. The van der Waals surface area contributed by atoms with Crippen LogP contribution in [0.1, 0.15) is 43.6 Å². The molecule has 0 bridgehead atoms. The first-order valence-electron chi connectivity index (χ1n) is 13.1. The number of nitrogens with zero attached hydrogens (tertiary/aromatic N) is 4. The van der Waals surface area contributed by atoms with Crippen molar-refractivity contribution < 1.29 is 19.1 Å². The van der Waals surface area contributed by atoms with Crippen LogP contribution in [0.5, 0.6) is 5.75 Å². The van der Waals surface area contributed by atoms with Gasteiger partial charge in [-0.25, -0.2) is 9.97 Å². The number of methoxy groups -OCH3 is 1. The van der Waals surface area contributed by atoms with E-state index in [9.17, 15) is 5.11 Å². The van der Waals surface area contributed by atoms with Crippen LogP contribution in [0.3, 0.4) is 0 Å². The molecule has 0 amide bonds. The lowest BCUT2D eigenvalue weighted by molar-refractivity contribution is 0.108. The third-order valence-corrected chi connectivity index (χ3v) is 6.82. The Kier molecular flexibility index (Phi) is 9.49. The number of hydrogen-bond acceptors (Lipinski definition) is 9. The topological polar surface area (TPSA) is 106 Å². The standard InChI is InChI=1S/C28H39N5O4/c1-19-27(20(2)37-32-19)25-16-26(33(13-14-35-4)22-10-6-5-7-11-22)31-28(30-25)21-9-8-12-24(15-21)36-18-23(34)17-29-3/h8-9,12,15-16,22-23,29,34H,5-7,10-11,13-14,17-18H2,1-4H3. The van der Waals surface area contributed by atoms with Gasteiger partial charge in [-0.05, 0) is 45.9 Å². The van der Waals surface area contributed by atoms with Crippen LogP contribution >= 0.6 is 0 Å². The molecule has 9 heteroatoms. The van der Waals surface area contributed by atoms with E-state index in [2.05, 4.69) is 21.4 Å². The predicted octanol–water partition coefficient (Wildman–Crippen LogP) is 4.16. The summed E-state index contributed by atoms with van der Waals surface area (Å²) in [6, 6.07) is 10.2. The summed E-state index contributed by atoms with van der Waals surface area (Å²) in [5.74, 6) is 2.86. The van der Waals surface area contributed by atoms with Crippen molar-refractivity contribution in [2.24, 2.45) is 0 Å². The summed E-state index contributed by atoms with van der Waals surface area (Å²) < 4.78 is 16.8. The maximum absolute atomic E-state index is 10.0. The van der Waals surface area contributed by atoms with E-state index >= 15 is 0 Å². The van der Waals surface area contributed by atoms with Gasteiger partial charge in [0.25, 0.3) is 0 Å². The monoisotopic (exact) mass is 509 g/mol. The van der Waals surface area contributed by atoms with Crippen molar-refractivity contribution in [2.45, 2.75) is 58.1 Å². The van der Waals surface area contributed by atoms with Crippen molar-refractivity contribution >= 4 is 5.82 Å². The summed E-state index contributed by atoms with van der Waals surface area (Å²) in [6.45, 7) is 5.87. The van der Waals surface area contributed by atoms with Gasteiger partial charge in [0.2, 0.25) is 0 Å². The molecular formula is C28H39N5O4. The fraction of sp³-hybridized carbons (Fsp3) is 0.536. The lowest BCUT2D eigenvalue weighted by Crippen LogP contribution is -2.39. The number of nitrogens with one attached hydrogen (secondary N) is 1. The van der Waals surface area contributed by atoms with Crippen molar-refractivity contribution in [3.8, 4) is 28.4 Å². The van der Waals surface area contributed by atoms with Crippen LogP contribution in [0.4, 0.5) is 5.82 Å². The number of aliphatic hydroxyl groups is 1. The summed E-state index contributed by atoms with van der Waals surface area (Å²) in [6.07, 6.45) is 5.42. The first-order chi connectivity index (χ1) is 18.0. The van der Waals surface area contributed by atoms with Gasteiger partial charge in [-0.1, -0.05) is 36.6 Å². The average Bonchev–Trinajstić information content (AvgIpc) is 3.26. The number of hydrogen-bond donors (Lipinski definition) is 2. The number of aryl methyl sites for hydroxylation is 2. The van der Waals surface area contributed by atoms with Crippen LogP contribution in [-0.4, -0.2) is 72.8 Å². The van der Waals surface area contributed by atoms with Gasteiger partial charge in [-0.15, -0.1) is 0 Å². The molecule has 2 N–H and O–H groups in total. The van der Waals surface area contributed by atoms with Crippen LogP contribution in [0, 0.1) is 13.8 Å². The zero-order valence-corrected chi connectivity index (χ0v) is 22.4. The number of anilines is 1. The van der Waals surface area contributed by atoms with Gasteiger partial charge in [0, 0.05) is 37.9 Å². The largest absolute Gasteiger partial charge is 0.491 e. The van der Waals surface area contributed by atoms with Gasteiger partial charge in [-0.3, -0.25) is 0 Å². The molecule has 0 spiro atoms. The normalized spacial score (nSPS) is 15.1. The van der Waals surface area contributed by atoms with Crippen molar-refractivity contribution in [3.63, 3.8) is 0 Å². The molecule has 2 aromatic heterocycles. The lowest BCUT2D eigenvalue weighted by atomic mass is 9.94. The molecule has 1 unspecified atom stereocenters. The van der Waals surface area contributed by atoms with E-state index in [0.29, 0.717) is 30.8 Å². The Morgan fingerprint density at radius 3 is 2.68 bits per heavy atom. The molecule has 0 saturated heterocycles. The summed E-state index contributed by atoms with van der Waals surface area (Å²) in [4.78, 5) is 12.4. The van der Waals surface area contributed by atoms with Crippen LogP contribution in [0.2, 0.25) is 0 Å². The van der Waals surface area contributed by atoms with Crippen molar-refractivity contribution in [2.75, 3.05) is 45.4 Å². The highest BCUT2D eigenvalue weighted by Gasteiger charge is 2.25. The second kappa shape index (κ2) is 13.0. The molecule has 37 heavy (non-hydrogen) atoms. The zero-order chi connectivity index (χ0) is 26.2. The number of aromatic nitrogens is 3. The second-order valence-electron chi connectivity index (χ2n) is 9.66. The Bertz CT molecular complexity index is 1130. The van der Waals surface area contributed by atoms with E-state index in [-0.39, 0.29) is 6.61 Å². The van der Waals surface area contributed by atoms with Crippen molar-refractivity contribution in [1.29, 1.82) is 0 Å². The maximum Gasteiger partial charge on any atom is 0.162 e. The van der Waals surface area contributed by atoms with E-state index < -0.39 is 6.10 Å². The van der Waals surface area contributed by atoms with Crippen molar-refractivity contribution in [1.82, 2.24) is 20.4 Å². The van der Waals surface area contributed by atoms with Crippen LogP contribution in [0.25, 0.3) is 22.6 Å². The number of ether oxygens (including phenoxy) is 2. The Labute approximate surface area is 219 Å². The Morgan fingerprint density at radius 2 is 1.97 bits per heavy atom. The van der Waals surface area contributed by atoms with Crippen LogP contribution in [0.15, 0.2) is 34.9 Å². The summed E-state index contributed by atoms with van der Waals surface area (Å²) in [7, 11) is 3.53. The van der Waals surface area contributed by atoms with Gasteiger partial charge in [0.05, 0.1) is 23.6 Å². The van der Waals surface area contributed by atoms with Gasteiger partial charge < -0.3 is 29.3 Å². The minimum Gasteiger partial charge on any atom is -0.491 e. The lowest BCUT2D eigenvalue weighted by Gasteiger charge is -2.35. The first-order valence-corrected chi connectivity index (χ1v) is 13.1. The molecule has 0 radical (unpaired) electrons. The molecule has 200 valence electrons.